The highest BCUT2D eigenvalue weighted by atomic mass is 32.2. The molecule has 0 aliphatic carbocycles. The Balaban J connectivity index is 1.85. The number of sulfonamides is 1. The van der Waals surface area contributed by atoms with Crippen LogP contribution < -0.4 is 10.2 Å². The Bertz CT molecular complexity index is 1130. The van der Waals surface area contributed by atoms with Crippen molar-refractivity contribution in [3.05, 3.63) is 84.1 Å². The third kappa shape index (κ3) is 5.07. The van der Waals surface area contributed by atoms with Gasteiger partial charge < -0.3 is 9.47 Å². The predicted molar refractivity (Wildman–Crippen MR) is 113 cm³/mol. The number of rotatable bonds is 6. The van der Waals surface area contributed by atoms with E-state index in [1.165, 1.54) is 49.0 Å². The molecule has 0 spiro atoms. The van der Waals surface area contributed by atoms with Crippen molar-refractivity contribution in [3.63, 3.8) is 0 Å². The Hall–Kier alpha value is -3.83. The molecule has 32 heavy (non-hydrogen) atoms. The lowest BCUT2D eigenvalue weighted by Crippen LogP contribution is -2.49. The minimum Gasteiger partial charge on any atom is -0.497 e. The second-order valence-corrected chi connectivity index (χ2v) is 8.28. The molecule has 10 nitrogen and oxygen atoms in total. The number of hydrazine groups is 1. The van der Waals surface area contributed by atoms with Gasteiger partial charge in [-0.3, -0.25) is 5.21 Å². The lowest BCUT2D eigenvalue weighted by atomic mass is 10.2. The summed E-state index contributed by atoms with van der Waals surface area (Å²) in [7, 11) is -2.82. The lowest BCUT2D eigenvalue weighted by molar-refractivity contribution is -0.139. The Labute approximate surface area is 184 Å². The topological polar surface area (TPSA) is 125 Å². The van der Waals surface area contributed by atoms with Crippen LogP contribution in [-0.2, 0) is 26.2 Å². The maximum atomic E-state index is 13.1. The molecule has 2 aromatic carbocycles. The van der Waals surface area contributed by atoms with Crippen molar-refractivity contribution in [2.24, 2.45) is 0 Å². The molecule has 1 aliphatic rings. The molecule has 2 aromatic rings. The molecule has 0 atom stereocenters. The molecular formula is C21H21N3O7S. The molecule has 0 radical (unpaired) electrons. The van der Waals surface area contributed by atoms with Crippen molar-refractivity contribution in [3.8, 4) is 5.75 Å². The number of hydrogen-bond acceptors (Lipinski definition) is 7. The lowest BCUT2D eigenvalue weighted by Gasteiger charge is -2.30. The minimum atomic E-state index is -4.26. The van der Waals surface area contributed by atoms with E-state index in [0.29, 0.717) is 15.2 Å². The predicted octanol–water partition coefficient (Wildman–Crippen LogP) is 2.20. The standard InChI is InChI=1S/C21H21N3O7S/c1-30-18-7-9-19(10-8-18)32(28,29)24-14-12-17(11-13-23(24)21(26)22-27)20(25)31-15-16-5-3-2-4-6-16/h2-12,14,27H,13,15H2,1H3,(H,22,26). The fourth-order valence-corrected chi connectivity index (χ4v) is 4.13. The molecule has 168 valence electrons. The zero-order chi connectivity index (χ0) is 23.1. The summed E-state index contributed by atoms with van der Waals surface area (Å²) in [6.07, 6.45) is 3.58. The van der Waals surface area contributed by atoms with Gasteiger partial charge in [0.05, 0.1) is 24.1 Å². The third-order valence-electron chi connectivity index (χ3n) is 4.49. The Morgan fingerprint density at radius 2 is 1.78 bits per heavy atom. The normalized spacial score (nSPS) is 13.8. The molecule has 2 amide bonds. The first-order chi connectivity index (χ1) is 15.4. The number of methoxy groups -OCH3 is 1. The third-order valence-corrected chi connectivity index (χ3v) is 6.17. The van der Waals surface area contributed by atoms with Gasteiger partial charge in [0.25, 0.3) is 10.0 Å². The van der Waals surface area contributed by atoms with Crippen LogP contribution >= 0.6 is 0 Å². The molecule has 1 heterocycles. The van der Waals surface area contributed by atoms with Gasteiger partial charge in [-0.05, 0) is 42.0 Å². The van der Waals surface area contributed by atoms with E-state index in [1.54, 1.807) is 24.3 Å². The quantitative estimate of drug-likeness (QED) is 0.385. The van der Waals surface area contributed by atoms with Gasteiger partial charge in [-0.15, -0.1) is 0 Å². The van der Waals surface area contributed by atoms with E-state index >= 15 is 0 Å². The van der Waals surface area contributed by atoms with Gasteiger partial charge in [0.15, 0.2) is 0 Å². The number of benzene rings is 2. The number of carbonyl (C=O) groups is 2. The number of urea groups is 1. The van der Waals surface area contributed by atoms with Crippen LogP contribution in [0.2, 0.25) is 0 Å². The van der Waals surface area contributed by atoms with E-state index < -0.39 is 22.0 Å². The largest absolute Gasteiger partial charge is 0.497 e. The van der Waals surface area contributed by atoms with E-state index in [2.05, 4.69) is 0 Å². The van der Waals surface area contributed by atoms with Crippen molar-refractivity contribution < 1.29 is 32.7 Å². The highest BCUT2D eigenvalue weighted by Crippen LogP contribution is 2.23. The van der Waals surface area contributed by atoms with E-state index in [-0.39, 0.29) is 23.6 Å². The van der Waals surface area contributed by atoms with Gasteiger partial charge in [-0.2, -0.15) is 12.8 Å². The first kappa shape index (κ1) is 22.8. The summed E-state index contributed by atoms with van der Waals surface area (Å²) < 4.78 is 37.2. The number of hydrogen-bond donors (Lipinski definition) is 2. The smallest absolute Gasteiger partial charge is 0.361 e. The molecule has 3 rings (SSSR count). The van der Waals surface area contributed by atoms with Crippen LogP contribution in [0.5, 0.6) is 5.75 Å². The fourth-order valence-electron chi connectivity index (χ4n) is 2.81. The van der Waals surface area contributed by atoms with Crippen LogP contribution in [0.25, 0.3) is 0 Å². The fraction of sp³-hybridized carbons (Fsp3) is 0.143. The summed E-state index contributed by atoms with van der Waals surface area (Å²) in [5, 5.41) is 9.79. The molecule has 0 unspecified atom stereocenters. The van der Waals surface area contributed by atoms with Crippen LogP contribution in [0, 0.1) is 0 Å². The van der Waals surface area contributed by atoms with E-state index in [1.807, 2.05) is 6.07 Å². The molecule has 1 aliphatic heterocycles. The van der Waals surface area contributed by atoms with Crippen molar-refractivity contribution in [2.45, 2.75) is 11.5 Å². The highest BCUT2D eigenvalue weighted by molar-refractivity contribution is 7.89. The number of carbonyl (C=O) groups excluding carboxylic acids is 2. The van der Waals surface area contributed by atoms with Crippen molar-refractivity contribution in [1.82, 2.24) is 14.9 Å². The van der Waals surface area contributed by atoms with Crippen molar-refractivity contribution in [2.75, 3.05) is 13.7 Å². The van der Waals surface area contributed by atoms with Gasteiger partial charge in [0.2, 0.25) is 0 Å². The number of esters is 1. The number of nitrogens with zero attached hydrogens (tertiary/aromatic N) is 2. The van der Waals surface area contributed by atoms with Crippen LogP contribution in [-0.4, -0.2) is 48.7 Å². The van der Waals surface area contributed by atoms with Crippen LogP contribution in [0.15, 0.2) is 83.4 Å². The van der Waals surface area contributed by atoms with E-state index in [4.69, 9.17) is 14.7 Å². The zero-order valence-electron chi connectivity index (χ0n) is 17.0. The van der Waals surface area contributed by atoms with Gasteiger partial charge in [0.1, 0.15) is 12.4 Å². The molecule has 2 N–H and O–H groups in total. The Morgan fingerprint density at radius 3 is 2.41 bits per heavy atom. The summed E-state index contributed by atoms with van der Waals surface area (Å²) in [5.74, 6) is -0.247. The number of nitrogens with one attached hydrogen (secondary N) is 1. The summed E-state index contributed by atoms with van der Waals surface area (Å²) in [5.41, 5.74) is 2.23. The van der Waals surface area contributed by atoms with Crippen molar-refractivity contribution >= 4 is 22.0 Å². The molecule has 0 fully saturated rings. The van der Waals surface area contributed by atoms with Gasteiger partial charge >= 0.3 is 12.0 Å². The average molecular weight is 459 g/mol. The average Bonchev–Trinajstić information content (AvgIpc) is 3.06. The molecule has 11 heteroatoms. The first-order valence-electron chi connectivity index (χ1n) is 9.36. The monoisotopic (exact) mass is 459 g/mol. The molecule has 0 bridgehead atoms. The van der Waals surface area contributed by atoms with E-state index in [9.17, 15) is 18.0 Å². The van der Waals surface area contributed by atoms with Crippen molar-refractivity contribution in [1.29, 1.82) is 0 Å². The minimum absolute atomic E-state index is 0.0273. The number of hydroxylamine groups is 1. The second kappa shape index (κ2) is 9.98. The zero-order valence-corrected chi connectivity index (χ0v) is 17.9. The molecular weight excluding hydrogens is 438 g/mol. The second-order valence-electron chi connectivity index (χ2n) is 6.49. The molecule has 0 saturated heterocycles. The van der Waals surface area contributed by atoms with Crippen LogP contribution in [0.3, 0.4) is 0 Å². The van der Waals surface area contributed by atoms with Crippen LogP contribution in [0.1, 0.15) is 5.56 Å². The number of ether oxygens (including phenoxy) is 2. The van der Waals surface area contributed by atoms with Gasteiger partial charge in [-0.25, -0.2) is 20.1 Å². The Kier molecular flexibility index (Phi) is 7.13. The Morgan fingerprint density at radius 1 is 1.09 bits per heavy atom. The van der Waals surface area contributed by atoms with E-state index in [0.717, 1.165) is 11.8 Å². The summed E-state index contributed by atoms with van der Waals surface area (Å²) in [6.45, 7) is -0.301. The first-order valence-corrected chi connectivity index (χ1v) is 10.8. The summed E-state index contributed by atoms with van der Waals surface area (Å²) in [6, 6.07) is 13.5. The SMILES string of the molecule is COc1ccc(S(=O)(=O)N2C=CC(C(=O)OCc3ccccc3)=CCN2C(=O)NO)cc1. The highest BCUT2D eigenvalue weighted by Gasteiger charge is 2.32. The summed E-state index contributed by atoms with van der Waals surface area (Å²) >= 11 is 0. The van der Waals surface area contributed by atoms with Crippen LogP contribution in [0.4, 0.5) is 4.79 Å². The molecule has 0 aromatic heterocycles. The maximum absolute atomic E-state index is 13.1. The molecule has 0 saturated carbocycles. The summed E-state index contributed by atoms with van der Waals surface area (Å²) in [4.78, 5) is 24.5. The van der Waals surface area contributed by atoms with Gasteiger partial charge in [-0.1, -0.05) is 30.3 Å². The van der Waals surface area contributed by atoms with Gasteiger partial charge in [0, 0.05) is 6.20 Å². The maximum Gasteiger partial charge on any atom is 0.361 e. The number of amides is 2.